The van der Waals surface area contributed by atoms with E-state index in [9.17, 15) is 4.79 Å². The van der Waals surface area contributed by atoms with Crippen molar-refractivity contribution in [3.8, 4) is 0 Å². The van der Waals surface area contributed by atoms with Gasteiger partial charge in [-0.25, -0.2) is 4.79 Å². The van der Waals surface area contributed by atoms with Crippen molar-refractivity contribution < 1.29 is 4.79 Å². The number of amidine groups is 1. The number of benzene rings is 1. The van der Waals surface area contributed by atoms with Gasteiger partial charge in [0.15, 0.2) is 0 Å². The summed E-state index contributed by atoms with van der Waals surface area (Å²) in [5, 5.41) is 7.36. The van der Waals surface area contributed by atoms with Crippen LogP contribution >= 0.6 is 0 Å². The smallest absolute Gasteiger partial charge is 0.319 e. The van der Waals surface area contributed by atoms with Crippen LogP contribution in [0, 0.1) is 5.41 Å². The van der Waals surface area contributed by atoms with Gasteiger partial charge in [-0.1, -0.05) is 18.2 Å². The highest BCUT2D eigenvalue weighted by atomic mass is 16.2. The number of carbonyl (C=O) groups is 1. The van der Waals surface area contributed by atoms with Crippen molar-refractivity contribution >= 4 is 11.9 Å². The first-order valence-corrected chi connectivity index (χ1v) is 5.27. The Labute approximate surface area is 101 Å². The quantitative estimate of drug-likeness (QED) is 0.606. The molecule has 0 atom stereocenters. The number of carbonyl (C=O) groups excluding carboxylic acids is 1. The van der Waals surface area contributed by atoms with E-state index in [0.29, 0.717) is 12.1 Å². The van der Waals surface area contributed by atoms with Crippen LogP contribution in [-0.2, 0) is 6.54 Å². The third-order valence-corrected chi connectivity index (χ3v) is 2.37. The number of nitrogen functional groups attached to an aromatic ring is 1. The predicted molar refractivity (Wildman–Crippen MR) is 68.0 cm³/mol. The zero-order chi connectivity index (χ0) is 13.0. The molecule has 0 fully saturated rings. The number of rotatable bonds is 3. The number of hydrogen-bond acceptors (Lipinski definition) is 2. The molecule has 1 aromatic rings. The maximum absolute atomic E-state index is 11.7. The van der Waals surface area contributed by atoms with Gasteiger partial charge in [-0.2, -0.15) is 0 Å². The van der Waals surface area contributed by atoms with Crippen molar-refractivity contribution in [1.82, 2.24) is 9.80 Å². The lowest BCUT2D eigenvalue weighted by molar-refractivity contribution is 0.180. The topological polar surface area (TPSA) is 73.4 Å². The molecule has 2 amide bonds. The van der Waals surface area contributed by atoms with E-state index in [-0.39, 0.29) is 11.9 Å². The van der Waals surface area contributed by atoms with Gasteiger partial charge in [0.05, 0.1) is 0 Å². The van der Waals surface area contributed by atoms with Crippen LogP contribution in [0.3, 0.4) is 0 Å². The molecule has 17 heavy (non-hydrogen) atoms. The molecule has 0 aliphatic rings. The third kappa shape index (κ3) is 3.48. The zero-order valence-electron chi connectivity index (χ0n) is 10.4. The van der Waals surface area contributed by atoms with Crippen molar-refractivity contribution in [2.24, 2.45) is 5.73 Å². The first kappa shape index (κ1) is 13.0. The molecule has 5 nitrogen and oxygen atoms in total. The van der Waals surface area contributed by atoms with Gasteiger partial charge in [-0.05, 0) is 11.6 Å². The maximum Gasteiger partial charge on any atom is 0.319 e. The molecule has 0 heterocycles. The number of amides is 2. The molecule has 1 rings (SSSR count). The summed E-state index contributed by atoms with van der Waals surface area (Å²) < 4.78 is 0. The van der Waals surface area contributed by atoms with Gasteiger partial charge in [0.25, 0.3) is 0 Å². The molecule has 0 aliphatic heterocycles. The highest BCUT2D eigenvalue weighted by molar-refractivity contribution is 5.95. The summed E-state index contributed by atoms with van der Waals surface area (Å²) in [7, 11) is 5.17. The highest BCUT2D eigenvalue weighted by Gasteiger charge is 2.11. The van der Waals surface area contributed by atoms with E-state index in [1.54, 1.807) is 32.1 Å². The van der Waals surface area contributed by atoms with E-state index >= 15 is 0 Å². The van der Waals surface area contributed by atoms with Crippen molar-refractivity contribution in [2.45, 2.75) is 6.54 Å². The Hall–Kier alpha value is -2.04. The Bertz CT molecular complexity index is 428. The van der Waals surface area contributed by atoms with E-state index in [2.05, 4.69) is 0 Å². The Morgan fingerprint density at radius 2 is 2.00 bits per heavy atom. The van der Waals surface area contributed by atoms with Gasteiger partial charge in [0.1, 0.15) is 5.84 Å². The molecule has 0 saturated carbocycles. The lowest BCUT2D eigenvalue weighted by Crippen LogP contribution is -2.35. The number of hydrogen-bond donors (Lipinski definition) is 2. The van der Waals surface area contributed by atoms with Crippen LogP contribution in [0.2, 0.25) is 0 Å². The fraction of sp³-hybridized carbons (Fsp3) is 0.333. The molecule has 3 N–H and O–H groups in total. The number of urea groups is 1. The zero-order valence-corrected chi connectivity index (χ0v) is 10.4. The van der Waals surface area contributed by atoms with Gasteiger partial charge in [0.2, 0.25) is 0 Å². The van der Waals surface area contributed by atoms with E-state index in [4.69, 9.17) is 11.1 Å². The maximum atomic E-state index is 11.7. The minimum Gasteiger partial charge on any atom is -0.384 e. The lowest BCUT2D eigenvalue weighted by atomic mass is 10.1. The molecule has 0 radical (unpaired) electrons. The number of nitrogens with two attached hydrogens (primary N) is 1. The Kier molecular flexibility index (Phi) is 4.09. The van der Waals surface area contributed by atoms with E-state index in [1.165, 1.54) is 4.90 Å². The molecule has 0 unspecified atom stereocenters. The first-order chi connectivity index (χ1) is 7.91. The van der Waals surface area contributed by atoms with Crippen molar-refractivity contribution in [3.63, 3.8) is 0 Å². The minimum atomic E-state index is -0.0572. The van der Waals surface area contributed by atoms with Crippen LogP contribution in [0.5, 0.6) is 0 Å². The van der Waals surface area contributed by atoms with Gasteiger partial charge >= 0.3 is 6.03 Å². The second kappa shape index (κ2) is 5.34. The summed E-state index contributed by atoms with van der Waals surface area (Å²) in [6.07, 6.45) is 0. The molecule has 0 spiro atoms. The summed E-state index contributed by atoms with van der Waals surface area (Å²) in [6.45, 7) is 0.498. The third-order valence-electron chi connectivity index (χ3n) is 2.37. The average Bonchev–Trinajstić information content (AvgIpc) is 2.28. The average molecular weight is 234 g/mol. The second-order valence-electron chi connectivity index (χ2n) is 4.15. The van der Waals surface area contributed by atoms with Crippen LogP contribution in [0.25, 0.3) is 0 Å². The predicted octanol–water partition coefficient (Wildman–Crippen LogP) is 1.08. The molecule has 0 aliphatic carbocycles. The van der Waals surface area contributed by atoms with Gasteiger partial charge < -0.3 is 15.5 Å². The Morgan fingerprint density at radius 3 is 2.53 bits per heavy atom. The van der Waals surface area contributed by atoms with E-state index in [0.717, 1.165) is 5.56 Å². The summed E-state index contributed by atoms with van der Waals surface area (Å²) >= 11 is 0. The molecular weight excluding hydrogens is 216 g/mol. The highest BCUT2D eigenvalue weighted by Crippen LogP contribution is 2.08. The summed E-state index contributed by atoms with van der Waals surface area (Å²) in [4.78, 5) is 14.8. The summed E-state index contributed by atoms with van der Waals surface area (Å²) in [6, 6.07) is 7.28. The van der Waals surface area contributed by atoms with Crippen LogP contribution in [0.4, 0.5) is 4.79 Å². The van der Waals surface area contributed by atoms with Crippen molar-refractivity contribution in [3.05, 3.63) is 35.4 Å². The number of nitrogens with zero attached hydrogens (tertiary/aromatic N) is 2. The van der Waals surface area contributed by atoms with E-state index < -0.39 is 0 Å². The first-order valence-electron chi connectivity index (χ1n) is 5.27. The fourth-order valence-electron chi connectivity index (χ4n) is 1.52. The Balaban J connectivity index is 2.78. The minimum absolute atomic E-state index is 0.0356. The molecular formula is C12H18N4O. The monoisotopic (exact) mass is 234 g/mol. The standard InChI is InChI=1S/C12H18N4O/c1-15(2)12(17)16(3)8-9-5-4-6-10(7-9)11(13)14/h4-7H,8H2,1-3H3,(H3,13,14). The van der Waals surface area contributed by atoms with Crippen molar-refractivity contribution in [1.29, 1.82) is 5.41 Å². The summed E-state index contributed by atoms with van der Waals surface area (Å²) in [5.41, 5.74) is 7.04. The summed E-state index contributed by atoms with van der Waals surface area (Å²) in [5.74, 6) is 0.0356. The van der Waals surface area contributed by atoms with E-state index in [1.807, 2.05) is 18.2 Å². The molecule has 0 aromatic heterocycles. The molecule has 5 heteroatoms. The van der Waals surface area contributed by atoms with Gasteiger partial charge in [-0.15, -0.1) is 0 Å². The molecule has 1 aromatic carbocycles. The SMILES string of the molecule is CN(C)C(=O)N(C)Cc1cccc(C(=N)N)c1. The van der Waals surface area contributed by atoms with Crippen LogP contribution in [0.15, 0.2) is 24.3 Å². The van der Waals surface area contributed by atoms with Crippen molar-refractivity contribution in [2.75, 3.05) is 21.1 Å². The fourth-order valence-corrected chi connectivity index (χ4v) is 1.52. The van der Waals surface area contributed by atoms with Crippen LogP contribution in [0.1, 0.15) is 11.1 Å². The van der Waals surface area contributed by atoms with Gasteiger partial charge in [-0.3, -0.25) is 5.41 Å². The second-order valence-corrected chi connectivity index (χ2v) is 4.15. The molecule has 0 bridgehead atoms. The number of nitrogens with one attached hydrogen (secondary N) is 1. The van der Waals surface area contributed by atoms with Crippen LogP contribution < -0.4 is 5.73 Å². The molecule has 0 saturated heterocycles. The van der Waals surface area contributed by atoms with Gasteiger partial charge in [0, 0.05) is 33.3 Å². The Morgan fingerprint density at radius 1 is 1.35 bits per heavy atom. The largest absolute Gasteiger partial charge is 0.384 e. The normalized spacial score (nSPS) is 9.82. The van der Waals surface area contributed by atoms with Crippen LogP contribution in [-0.4, -0.2) is 42.8 Å². The lowest BCUT2D eigenvalue weighted by Gasteiger charge is -2.21. The molecule has 92 valence electrons.